The number of carboxylic acids is 1. The largest absolute Gasteiger partial charge is 0.480 e. The molecule has 0 spiro atoms. The fraction of sp³-hybridized carbons (Fsp3) is 0.923. The summed E-state index contributed by atoms with van der Waals surface area (Å²) in [4.78, 5) is 10.7. The van der Waals surface area contributed by atoms with Gasteiger partial charge in [0.25, 0.3) is 10.2 Å². The van der Waals surface area contributed by atoms with Crippen LogP contribution < -0.4 is 0 Å². The third kappa shape index (κ3) is 7.21. The van der Waals surface area contributed by atoms with Gasteiger partial charge in [-0.05, 0) is 24.7 Å². The summed E-state index contributed by atoms with van der Waals surface area (Å²) < 4.78 is 27.1. The maximum atomic E-state index is 12.4. The quantitative estimate of drug-likeness (QED) is 0.665. The first kappa shape index (κ1) is 19.3. The van der Waals surface area contributed by atoms with Crippen LogP contribution in [0.2, 0.25) is 0 Å². The molecule has 0 aromatic carbocycles. The molecule has 0 aromatic heterocycles. The molecule has 0 atom stereocenters. The number of carboxylic acid groups (broad SMARTS) is 1. The summed E-state index contributed by atoms with van der Waals surface area (Å²) in [5, 5.41) is 8.74. The lowest BCUT2D eigenvalue weighted by Gasteiger charge is -2.27. The van der Waals surface area contributed by atoms with Crippen LogP contribution in [0.1, 0.15) is 40.5 Å². The molecule has 0 aliphatic rings. The van der Waals surface area contributed by atoms with E-state index in [-0.39, 0.29) is 0 Å². The maximum Gasteiger partial charge on any atom is 0.318 e. The van der Waals surface area contributed by atoms with Crippen LogP contribution in [0.5, 0.6) is 0 Å². The summed E-state index contributed by atoms with van der Waals surface area (Å²) in [6, 6.07) is 0. The Balaban J connectivity index is 4.91. The van der Waals surface area contributed by atoms with Gasteiger partial charge in [0.1, 0.15) is 6.54 Å². The molecule has 0 bridgehead atoms. The average Bonchev–Trinajstić information content (AvgIpc) is 2.26. The zero-order valence-corrected chi connectivity index (χ0v) is 14.0. The van der Waals surface area contributed by atoms with Crippen LogP contribution in [0.4, 0.5) is 0 Å². The number of likely N-dealkylation sites (N-methyl/N-ethyl adjacent to an activating group) is 1. The van der Waals surface area contributed by atoms with Crippen LogP contribution in [0.15, 0.2) is 0 Å². The van der Waals surface area contributed by atoms with Gasteiger partial charge < -0.3 is 5.11 Å². The van der Waals surface area contributed by atoms with E-state index in [0.29, 0.717) is 24.9 Å². The van der Waals surface area contributed by atoms with Gasteiger partial charge >= 0.3 is 5.97 Å². The van der Waals surface area contributed by atoms with E-state index in [4.69, 9.17) is 5.11 Å². The van der Waals surface area contributed by atoms with Crippen molar-refractivity contribution in [2.45, 2.75) is 40.5 Å². The van der Waals surface area contributed by atoms with Crippen molar-refractivity contribution in [2.75, 3.05) is 26.7 Å². The van der Waals surface area contributed by atoms with Gasteiger partial charge in [0.05, 0.1) is 0 Å². The number of nitrogens with zero attached hydrogens (tertiary/aromatic N) is 2. The van der Waals surface area contributed by atoms with Gasteiger partial charge in [0.2, 0.25) is 0 Å². The highest BCUT2D eigenvalue weighted by Gasteiger charge is 2.28. The molecule has 0 aromatic rings. The van der Waals surface area contributed by atoms with E-state index < -0.39 is 22.7 Å². The Kier molecular flexibility index (Phi) is 8.30. The predicted octanol–water partition coefficient (Wildman–Crippen LogP) is 1.64. The van der Waals surface area contributed by atoms with Gasteiger partial charge in [-0.2, -0.15) is 17.0 Å². The molecule has 7 heteroatoms. The Bertz CT molecular complexity index is 381. The molecule has 0 fully saturated rings. The van der Waals surface area contributed by atoms with Gasteiger partial charge in [-0.15, -0.1) is 0 Å². The molecule has 0 amide bonds. The lowest BCUT2D eigenvalue weighted by Crippen LogP contribution is -2.45. The SMILES string of the molecule is CC(C)CCN(CCC(C)C)S(=O)(=O)N(C)CC(=O)O. The predicted molar refractivity (Wildman–Crippen MR) is 79.7 cm³/mol. The molecule has 0 saturated carbocycles. The molecule has 0 unspecified atom stereocenters. The fourth-order valence-electron chi connectivity index (χ4n) is 1.62. The first-order valence-electron chi connectivity index (χ1n) is 7.00. The number of aliphatic carboxylic acids is 1. The molecule has 0 aliphatic heterocycles. The zero-order chi connectivity index (χ0) is 15.9. The number of hydrogen-bond donors (Lipinski definition) is 1. The minimum absolute atomic E-state index is 0.400. The van der Waals surface area contributed by atoms with Crippen LogP contribution in [0.25, 0.3) is 0 Å². The van der Waals surface area contributed by atoms with Crippen molar-refractivity contribution < 1.29 is 18.3 Å². The molecular weight excluding hydrogens is 280 g/mol. The van der Waals surface area contributed by atoms with Crippen LogP contribution in [-0.2, 0) is 15.0 Å². The standard InChI is InChI=1S/C13H28N2O4S/c1-11(2)6-8-15(9-7-12(3)4)20(18,19)14(5)10-13(16)17/h11-12H,6-10H2,1-5H3,(H,16,17). The fourth-order valence-corrected chi connectivity index (χ4v) is 2.96. The third-order valence-electron chi connectivity index (χ3n) is 2.99. The number of rotatable bonds is 10. The van der Waals surface area contributed by atoms with Gasteiger partial charge in [0, 0.05) is 20.1 Å². The highest BCUT2D eigenvalue weighted by atomic mass is 32.2. The minimum Gasteiger partial charge on any atom is -0.480 e. The highest BCUT2D eigenvalue weighted by molar-refractivity contribution is 7.86. The monoisotopic (exact) mass is 308 g/mol. The Morgan fingerprint density at radius 3 is 1.75 bits per heavy atom. The van der Waals surface area contributed by atoms with Gasteiger partial charge in [-0.1, -0.05) is 27.7 Å². The molecule has 6 nitrogen and oxygen atoms in total. The Morgan fingerprint density at radius 1 is 1.05 bits per heavy atom. The Hall–Kier alpha value is -0.660. The van der Waals surface area contributed by atoms with Crippen molar-refractivity contribution in [3.8, 4) is 0 Å². The average molecular weight is 308 g/mol. The summed E-state index contributed by atoms with van der Waals surface area (Å²) >= 11 is 0. The summed E-state index contributed by atoms with van der Waals surface area (Å²) in [5.41, 5.74) is 0. The van der Waals surface area contributed by atoms with Crippen molar-refractivity contribution in [3.05, 3.63) is 0 Å². The maximum absolute atomic E-state index is 12.4. The zero-order valence-electron chi connectivity index (χ0n) is 13.2. The van der Waals surface area contributed by atoms with Crippen LogP contribution in [0, 0.1) is 11.8 Å². The lowest BCUT2D eigenvalue weighted by molar-refractivity contribution is -0.137. The summed E-state index contributed by atoms with van der Waals surface area (Å²) in [7, 11) is -2.39. The van der Waals surface area contributed by atoms with Crippen molar-refractivity contribution in [1.29, 1.82) is 0 Å². The van der Waals surface area contributed by atoms with Crippen molar-refractivity contribution in [1.82, 2.24) is 8.61 Å². The van der Waals surface area contributed by atoms with E-state index in [1.54, 1.807) is 0 Å². The van der Waals surface area contributed by atoms with Gasteiger partial charge in [-0.25, -0.2) is 0 Å². The van der Waals surface area contributed by atoms with Gasteiger partial charge in [-0.3, -0.25) is 4.79 Å². The molecule has 0 aliphatic carbocycles. The van der Waals surface area contributed by atoms with Crippen LogP contribution in [-0.4, -0.2) is 54.8 Å². The number of carbonyl (C=O) groups is 1. The molecule has 120 valence electrons. The van der Waals surface area contributed by atoms with Gasteiger partial charge in [0.15, 0.2) is 0 Å². The van der Waals surface area contributed by atoms with E-state index in [2.05, 4.69) is 0 Å². The molecule has 0 radical (unpaired) electrons. The topological polar surface area (TPSA) is 77.9 Å². The Morgan fingerprint density at radius 2 is 1.45 bits per heavy atom. The van der Waals surface area contributed by atoms with Crippen LogP contribution in [0.3, 0.4) is 0 Å². The Labute approximate surface area is 122 Å². The molecule has 1 N–H and O–H groups in total. The number of hydrogen-bond acceptors (Lipinski definition) is 3. The molecule has 0 rings (SSSR count). The second-order valence-electron chi connectivity index (χ2n) is 5.92. The molecular formula is C13H28N2O4S. The van der Waals surface area contributed by atoms with E-state index in [9.17, 15) is 13.2 Å². The first-order valence-corrected chi connectivity index (χ1v) is 8.40. The normalized spacial score (nSPS) is 12.8. The summed E-state index contributed by atoms with van der Waals surface area (Å²) in [6.45, 7) is 8.49. The summed E-state index contributed by atoms with van der Waals surface area (Å²) in [6.07, 6.45) is 1.52. The smallest absolute Gasteiger partial charge is 0.318 e. The van der Waals surface area contributed by atoms with E-state index in [1.165, 1.54) is 11.4 Å². The van der Waals surface area contributed by atoms with Crippen LogP contribution >= 0.6 is 0 Å². The second kappa shape index (κ2) is 8.59. The minimum atomic E-state index is -3.70. The lowest BCUT2D eigenvalue weighted by atomic mass is 10.1. The molecule has 0 heterocycles. The van der Waals surface area contributed by atoms with E-state index >= 15 is 0 Å². The highest BCUT2D eigenvalue weighted by Crippen LogP contribution is 2.13. The van der Waals surface area contributed by atoms with Crippen molar-refractivity contribution in [3.63, 3.8) is 0 Å². The first-order chi connectivity index (χ1) is 9.07. The molecule has 0 saturated heterocycles. The third-order valence-corrected chi connectivity index (χ3v) is 4.92. The second-order valence-corrected chi connectivity index (χ2v) is 7.96. The van der Waals surface area contributed by atoms with E-state index in [0.717, 1.165) is 17.1 Å². The summed E-state index contributed by atoms with van der Waals surface area (Å²) in [5.74, 6) is -0.350. The van der Waals surface area contributed by atoms with Crippen molar-refractivity contribution in [2.24, 2.45) is 11.8 Å². The molecule has 20 heavy (non-hydrogen) atoms. The van der Waals surface area contributed by atoms with Crippen molar-refractivity contribution >= 4 is 16.2 Å². The van der Waals surface area contributed by atoms with E-state index in [1.807, 2.05) is 27.7 Å².